The molecule has 1 saturated heterocycles. The maximum absolute atomic E-state index is 12.2. The predicted molar refractivity (Wildman–Crippen MR) is 112 cm³/mol. The monoisotopic (exact) mass is 374 g/mol. The van der Waals surface area contributed by atoms with Crippen LogP contribution in [0.1, 0.15) is 11.1 Å². The number of nitrogen functional groups attached to an aromatic ring is 1. The number of aromatic nitrogens is 1. The summed E-state index contributed by atoms with van der Waals surface area (Å²) in [6, 6.07) is 17.6. The number of aliphatic imine (C=N–C) groups is 1. The van der Waals surface area contributed by atoms with Crippen molar-refractivity contribution in [2.45, 2.75) is 6.42 Å². The fourth-order valence-corrected chi connectivity index (χ4v) is 3.65. The van der Waals surface area contributed by atoms with Crippen molar-refractivity contribution < 1.29 is 4.79 Å². The van der Waals surface area contributed by atoms with Gasteiger partial charge in [-0.25, -0.2) is 0 Å². The molecule has 1 fully saturated rings. The van der Waals surface area contributed by atoms with E-state index >= 15 is 0 Å². The SMILES string of the molecule is Nc1ccc(CCN=C2NC(=O)C(=Cc3ccc4ncccc4c3)S2)cc1. The van der Waals surface area contributed by atoms with Gasteiger partial charge < -0.3 is 11.1 Å². The summed E-state index contributed by atoms with van der Waals surface area (Å²) < 4.78 is 0. The predicted octanol–water partition coefficient (Wildman–Crippen LogP) is 3.62. The second-order valence-electron chi connectivity index (χ2n) is 6.20. The van der Waals surface area contributed by atoms with Crippen molar-refractivity contribution in [3.8, 4) is 0 Å². The molecule has 0 atom stereocenters. The smallest absolute Gasteiger partial charge is 0.264 e. The van der Waals surface area contributed by atoms with Crippen LogP contribution >= 0.6 is 11.8 Å². The minimum Gasteiger partial charge on any atom is -0.399 e. The zero-order valence-electron chi connectivity index (χ0n) is 14.6. The van der Waals surface area contributed by atoms with Crippen LogP contribution in [0.5, 0.6) is 0 Å². The first kappa shape index (κ1) is 17.3. The van der Waals surface area contributed by atoms with Crippen molar-refractivity contribution in [3.05, 3.63) is 76.8 Å². The van der Waals surface area contributed by atoms with Crippen LogP contribution in [0.2, 0.25) is 0 Å². The molecule has 2 heterocycles. The fraction of sp³-hybridized carbons (Fsp3) is 0.0952. The lowest BCUT2D eigenvalue weighted by Gasteiger charge is -2.00. The van der Waals surface area contributed by atoms with E-state index in [0.717, 1.165) is 28.6 Å². The number of anilines is 1. The van der Waals surface area contributed by atoms with Crippen LogP contribution < -0.4 is 11.1 Å². The Morgan fingerprint density at radius 3 is 2.85 bits per heavy atom. The maximum atomic E-state index is 12.2. The summed E-state index contributed by atoms with van der Waals surface area (Å²) in [6.07, 6.45) is 4.46. The van der Waals surface area contributed by atoms with Gasteiger partial charge in [0, 0.05) is 23.8 Å². The number of benzene rings is 2. The molecule has 0 radical (unpaired) electrons. The van der Waals surface area contributed by atoms with E-state index in [1.807, 2.05) is 60.7 Å². The molecule has 134 valence electrons. The molecule has 0 aliphatic carbocycles. The Bertz CT molecular complexity index is 1060. The van der Waals surface area contributed by atoms with Crippen molar-refractivity contribution in [1.82, 2.24) is 10.3 Å². The Hall–Kier alpha value is -3.12. The number of fused-ring (bicyclic) bond motifs is 1. The molecule has 27 heavy (non-hydrogen) atoms. The van der Waals surface area contributed by atoms with Crippen molar-refractivity contribution in [1.29, 1.82) is 0 Å². The summed E-state index contributed by atoms with van der Waals surface area (Å²) in [5.74, 6) is -0.113. The Labute approximate surface area is 161 Å². The fourth-order valence-electron chi connectivity index (χ4n) is 2.81. The second-order valence-corrected chi connectivity index (χ2v) is 7.23. The Morgan fingerprint density at radius 2 is 2.00 bits per heavy atom. The number of hydrogen-bond acceptors (Lipinski definition) is 5. The van der Waals surface area contributed by atoms with Crippen LogP contribution in [-0.4, -0.2) is 22.6 Å². The van der Waals surface area contributed by atoms with E-state index in [9.17, 15) is 4.79 Å². The number of amides is 1. The number of hydrogen-bond donors (Lipinski definition) is 2. The Kier molecular flexibility index (Phi) is 4.89. The molecule has 1 aromatic heterocycles. The highest BCUT2D eigenvalue weighted by Crippen LogP contribution is 2.27. The molecule has 1 amide bonds. The summed E-state index contributed by atoms with van der Waals surface area (Å²) in [6.45, 7) is 0.613. The average Bonchev–Trinajstić information content (AvgIpc) is 3.02. The minimum absolute atomic E-state index is 0.113. The number of nitrogens with zero attached hydrogens (tertiary/aromatic N) is 2. The number of nitrogens with one attached hydrogen (secondary N) is 1. The number of carbonyl (C=O) groups excluding carboxylic acids is 1. The van der Waals surface area contributed by atoms with E-state index in [-0.39, 0.29) is 5.91 Å². The third-order valence-electron chi connectivity index (χ3n) is 4.21. The first-order valence-electron chi connectivity index (χ1n) is 8.62. The largest absolute Gasteiger partial charge is 0.399 e. The minimum atomic E-state index is -0.113. The molecule has 3 N–H and O–H groups in total. The van der Waals surface area contributed by atoms with Gasteiger partial charge in [-0.2, -0.15) is 0 Å². The van der Waals surface area contributed by atoms with Gasteiger partial charge in [0.15, 0.2) is 5.17 Å². The molecule has 0 unspecified atom stereocenters. The summed E-state index contributed by atoms with van der Waals surface area (Å²) in [5, 5.41) is 4.52. The third-order valence-corrected chi connectivity index (χ3v) is 5.16. The van der Waals surface area contributed by atoms with Gasteiger partial charge in [-0.3, -0.25) is 14.8 Å². The second kappa shape index (κ2) is 7.63. The number of carbonyl (C=O) groups is 1. The lowest BCUT2D eigenvalue weighted by molar-refractivity contribution is -0.115. The molecular formula is C21H18N4OS. The summed E-state index contributed by atoms with van der Waals surface area (Å²) in [4.78, 5) is 21.7. The Morgan fingerprint density at radius 1 is 1.15 bits per heavy atom. The maximum Gasteiger partial charge on any atom is 0.264 e. The van der Waals surface area contributed by atoms with E-state index in [1.165, 1.54) is 17.3 Å². The highest BCUT2D eigenvalue weighted by molar-refractivity contribution is 8.18. The molecule has 0 spiro atoms. The summed E-state index contributed by atoms with van der Waals surface area (Å²) in [7, 11) is 0. The number of amidine groups is 1. The lowest BCUT2D eigenvalue weighted by atomic mass is 10.1. The Balaban J connectivity index is 1.44. The van der Waals surface area contributed by atoms with E-state index in [0.29, 0.717) is 16.6 Å². The van der Waals surface area contributed by atoms with Gasteiger partial charge in [-0.1, -0.05) is 24.3 Å². The van der Waals surface area contributed by atoms with Gasteiger partial charge >= 0.3 is 0 Å². The number of pyridine rings is 1. The topological polar surface area (TPSA) is 80.4 Å². The number of nitrogens with two attached hydrogens (primary N) is 1. The van der Waals surface area contributed by atoms with Crippen LogP contribution in [0.15, 0.2) is 70.7 Å². The first-order chi connectivity index (χ1) is 13.2. The normalized spacial score (nSPS) is 17.0. The molecule has 1 aliphatic rings. The van der Waals surface area contributed by atoms with Crippen molar-refractivity contribution in [2.24, 2.45) is 4.99 Å². The molecule has 0 bridgehead atoms. The van der Waals surface area contributed by atoms with Crippen molar-refractivity contribution in [3.63, 3.8) is 0 Å². The van der Waals surface area contributed by atoms with E-state index in [4.69, 9.17) is 5.73 Å². The molecule has 0 saturated carbocycles. The van der Waals surface area contributed by atoms with Gasteiger partial charge in [0.25, 0.3) is 5.91 Å². The number of rotatable bonds is 4. The standard InChI is InChI=1S/C21H18N4OS/c22-17-6-3-14(4-7-17)9-11-24-21-25-20(26)19(27-21)13-15-5-8-18-16(12-15)2-1-10-23-18/h1-8,10,12-13H,9,11,22H2,(H,24,25,26). The zero-order chi connectivity index (χ0) is 18.6. The molecule has 2 aromatic carbocycles. The molecule has 4 rings (SSSR count). The van der Waals surface area contributed by atoms with Crippen molar-refractivity contribution >= 4 is 45.5 Å². The van der Waals surface area contributed by atoms with Crippen LogP contribution in [0.3, 0.4) is 0 Å². The third kappa shape index (κ3) is 4.17. The summed E-state index contributed by atoms with van der Waals surface area (Å²) in [5.41, 5.74) is 9.52. The van der Waals surface area contributed by atoms with Crippen molar-refractivity contribution in [2.75, 3.05) is 12.3 Å². The van der Waals surface area contributed by atoms with Crippen LogP contribution in [0, 0.1) is 0 Å². The molecule has 5 nitrogen and oxygen atoms in total. The zero-order valence-corrected chi connectivity index (χ0v) is 15.4. The van der Waals surface area contributed by atoms with E-state index < -0.39 is 0 Å². The van der Waals surface area contributed by atoms with Gasteiger partial charge in [0.05, 0.1) is 10.4 Å². The average molecular weight is 374 g/mol. The highest BCUT2D eigenvalue weighted by Gasteiger charge is 2.23. The molecule has 3 aromatic rings. The van der Waals surface area contributed by atoms with Gasteiger partial charge in [0.1, 0.15) is 0 Å². The molecule has 1 aliphatic heterocycles. The lowest BCUT2D eigenvalue weighted by Crippen LogP contribution is -2.20. The van der Waals surface area contributed by atoms with Crippen LogP contribution in [0.4, 0.5) is 5.69 Å². The van der Waals surface area contributed by atoms with Crippen LogP contribution in [0.25, 0.3) is 17.0 Å². The highest BCUT2D eigenvalue weighted by atomic mass is 32.2. The van der Waals surface area contributed by atoms with Gasteiger partial charge in [0.2, 0.25) is 0 Å². The molecule has 6 heteroatoms. The van der Waals surface area contributed by atoms with E-state index in [1.54, 1.807) is 6.20 Å². The first-order valence-corrected chi connectivity index (χ1v) is 9.43. The summed E-state index contributed by atoms with van der Waals surface area (Å²) >= 11 is 1.37. The number of thioether (sulfide) groups is 1. The van der Waals surface area contributed by atoms with Gasteiger partial charge in [-0.05, 0) is 65.7 Å². The van der Waals surface area contributed by atoms with E-state index in [2.05, 4.69) is 15.3 Å². The quantitative estimate of drug-likeness (QED) is 0.540. The van der Waals surface area contributed by atoms with Crippen LogP contribution in [-0.2, 0) is 11.2 Å². The molecular weight excluding hydrogens is 356 g/mol. The van der Waals surface area contributed by atoms with Gasteiger partial charge in [-0.15, -0.1) is 0 Å².